The molecule has 6 heteroatoms. The number of imidazole rings is 1. The Hall–Kier alpha value is -9.00. The summed E-state index contributed by atoms with van der Waals surface area (Å²) < 4.78 is 141. The largest absolute Gasteiger partial charge is 0.458 e. The van der Waals surface area contributed by atoms with Gasteiger partial charge in [-0.3, -0.25) is 13.7 Å². The summed E-state index contributed by atoms with van der Waals surface area (Å²) >= 11 is 0. The van der Waals surface area contributed by atoms with Crippen molar-refractivity contribution < 1.29 is 28.5 Å². The van der Waals surface area contributed by atoms with Crippen LogP contribution in [0.4, 0.5) is 0 Å². The molecule has 13 aromatic rings. The fourth-order valence-corrected chi connectivity index (χ4v) is 10.5. The molecule has 0 radical (unpaired) electrons. The highest BCUT2D eigenvalue weighted by Gasteiger charge is 2.26. The van der Waals surface area contributed by atoms with Gasteiger partial charge in [0.2, 0.25) is 0 Å². The highest BCUT2D eigenvalue weighted by atomic mass is 16.5. The number of rotatable bonds is 9. The maximum absolute atomic E-state index is 9.52. The van der Waals surface area contributed by atoms with Crippen LogP contribution >= 0.6 is 0 Å². The van der Waals surface area contributed by atoms with Gasteiger partial charge in [-0.1, -0.05) is 207 Å². The Morgan fingerprint density at radius 2 is 1.18 bits per heavy atom. The van der Waals surface area contributed by atoms with E-state index in [1.54, 1.807) is 44.3 Å². The lowest BCUT2D eigenvalue weighted by Crippen LogP contribution is -2.31. The van der Waals surface area contributed by atoms with Crippen molar-refractivity contribution in [2.45, 2.75) is 72.1 Å². The monoisotopic (exact) mass is 1010 g/mol. The first-order valence-electron chi connectivity index (χ1n) is 32.6. The maximum atomic E-state index is 9.52. The van der Waals surface area contributed by atoms with Crippen molar-refractivity contribution in [1.82, 2.24) is 18.7 Å². The van der Waals surface area contributed by atoms with Crippen LogP contribution in [0, 0.1) is 6.33 Å². The first-order valence-corrected chi connectivity index (χ1v) is 25.6. The molecule has 0 fully saturated rings. The van der Waals surface area contributed by atoms with Gasteiger partial charge in [-0.2, -0.15) is 0 Å². The summed E-state index contributed by atoms with van der Waals surface area (Å²) in [5.41, 5.74) is 8.11. The maximum Gasteiger partial charge on any atom is 0.269 e. The third-order valence-corrected chi connectivity index (χ3v) is 14.4. The normalized spacial score (nSPS) is 15.0. The fourth-order valence-electron chi connectivity index (χ4n) is 10.5. The predicted molar refractivity (Wildman–Crippen MR) is 319 cm³/mol. The summed E-state index contributed by atoms with van der Waals surface area (Å²) in [5, 5.41) is 1.04. The number of ether oxygens (including phenoxy) is 1. The van der Waals surface area contributed by atoms with E-state index in [1.165, 1.54) is 4.57 Å². The molecule has 4 aromatic heterocycles. The van der Waals surface area contributed by atoms with Crippen molar-refractivity contribution in [1.29, 1.82) is 0 Å². The Morgan fingerprint density at radius 1 is 0.545 bits per heavy atom. The summed E-state index contributed by atoms with van der Waals surface area (Å²) in [5.74, 6) is -0.0176. The SMILES string of the molecule is [2H]c1c([2H])c([2H])c(-c2cccc(-c3cc(C(C)(C)C)cc(C(C)(C)C)c3)c2-[n+]2[c-]n(-c3cccc(Oc4cc(-n5c6c([2H])c([2H])c([2H])c([2H])c6c6c([2H])c([2H])c([2H])c([2H])c65)c5c6ccccc6n(-c6cc(C([2H])(C)C)ccn6)c5c4)c3)c3ccccc32)c([2H])c1[2H]. The minimum absolute atomic E-state index is 0.0275. The Kier molecular flexibility index (Phi) is 8.25. The van der Waals surface area contributed by atoms with Crippen molar-refractivity contribution in [2.24, 2.45) is 0 Å². The molecule has 4 heterocycles. The first kappa shape index (κ1) is 34.5. The molecule has 0 aliphatic rings. The van der Waals surface area contributed by atoms with Crippen molar-refractivity contribution >= 4 is 54.6 Å². The number of fused-ring (bicyclic) bond motifs is 7. The van der Waals surface area contributed by atoms with E-state index in [2.05, 4.69) is 66.1 Å². The molecule has 0 spiro atoms. The highest BCUT2D eigenvalue weighted by Crippen LogP contribution is 2.44. The zero-order valence-corrected chi connectivity index (χ0v) is 43.9. The molecule has 0 saturated heterocycles. The number of para-hydroxylation sites is 6. The van der Waals surface area contributed by atoms with Crippen LogP contribution in [0.5, 0.6) is 11.5 Å². The number of hydrogen-bond donors (Lipinski definition) is 0. The smallest absolute Gasteiger partial charge is 0.269 e. The molecule has 0 bridgehead atoms. The number of benzene rings is 9. The molecule has 0 unspecified atom stereocenters. The summed E-state index contributed by atoms with van der Waals surface area (Å²) in [6.07, 6.45) is 5.30. The second-order valence-corrected chi connectivity index (χ2v) is 21.7. The lowest BCUT2D eigenvalue weighted by atomic mass is 9.78. The van der Waals surface area contributed by atoms with Gasteiger partial charge in [-0.05, 0) is 104 Å². The van der Waals surface area contributed by atoms with Crippen molar-refractivity contribution in [2.75, 3.05) is 0 Å². The summed E-state index contributed by atoms with van der Waals surface area (Å²) in [4.78, 5) is 4.86. The van der Waals surface area contributed by atoms with E-state index >= 15 is 0 Å². The molecule has 0 aliphatic carbocycles. The Labute approximate surface area is 470 Å². The standard InChI is InChI=1S/C71H61N5O/c1-46(2)48-36-37-72-67(40-48)76-62-33-17-14-28-59(62)68-65(75-60-31-15-12-26-57(60)58-27-13-16-32-61(58)75)43-54(44-66(68)76)77-53-25-20-24-52(42-53)73-45-74(64-35-19-18-34-63(64)73)69-55(47-22-10-9-11-23-47)29-21-30-56(69)49-38-50(70(3,4)5)41-51(39-49)71(6,7)8/h9-44,46H,1-8H3/i9D,10D,11D,12D,13D,15D,16D,22D,23D,26D,27D,31D,32D,46D. The lowest BCUT2D eigenvalue weighted by Gasteiger charge is -2.27. The van der Waals surface area contributed by atoms with Crippen LogP contribution in [-0.4, -0.2) is 18.7 Å². The van der Waals surface area contributed by atoms with Crippen molar-refractivity contribution in [3.05, 3.63) is 241 Å². The minimum Gasteiger partial charge on any atom is -0.458 e. The summed E-state index contributed by atoms with van der Waals surface area (Å²) in [6, 6.07) is 35.6. The molecule has 9 aromatic carbocycles. The molecule has 0 N–H and O–H groups in total. The fraction of sp³-hybridized carbons (Fsp3) is 0.155. The molecule has 13 rings (SSSR count). The van der Waals surface area contributed by atoms with E-state index in [0.717, 1.165) is 22.3 Å². The van der Waals surface area contributed by atoms with Gasteiger partial charge < -0.3 is 9.30 Å². The van der Waals surface area contributed by atoms with Crippen LogP contribution in [0.25, 0.3) is 99.8 Å². The van der Waals surface area contributed by atoms with Crippen molar-refractivity contribution in [3.63, 3.8) is 0 Å². The third kappa shape index (κ3) is 8.27. The Bertz CT molecular complexity index is 5140. The lowest BCUT2D eigenvalue weighted by molar-refractivity contribution is -0.571. The van der Waals surface area contributed by atoms with Crippen LogP contribution in [0.3, 0.4) is 0 Å². The van der Waals surface area contributed by atoms with Gasteiger partial charge in [0.25, 0.3) is 6.33 Å². The van der Waals surface area contributed by atoms with Gasteiger partial charge in [0.1, 0.15) is 17.3 Å². The molecule has 0 amide bonds. The average Bonchev–Trinajstić information content (AvgIpc) is 1.57. The van der Waals surface area contributed by atoms with Gasteiger partial charge in [-0.15, -0.1) is 0 Å². The molecular formula is C71H61N5O. The van der Waals surface area contributed by atoms with E-state index in [0.29, 0.717) is 66.9 Å². The van der Waals surface area contributed by atoms with E-state index in [-0.39, 0.29) is 61.7 Å². The summed E-state index contributed by atoms with van der Waals surface area (Å²) in [6.45, 7) is 16.5. The van der Waals surface area contributed by atoms with Crippen LogP contribution in [0.15, 0.2) is 218 Å². The van der Waals surface area contributed by atoms with Gasteiger partial charge in [0.15, 0.2) is 0 Å². The first-order chi connectivity index (χ1) is 43.0. The second kappa shape index (κ2) is 18.4. The van der Waals surface area contributed by atoms with E-state index in [1.807, 2.05) is 105 Å². The Balaban J connectivity index is 1.07. The second-order valence-electron chi connectivity index (χ2n) is 21.7. The molecular weight excluding hydrogens is 939 g/mol. The van der Waals surface area contributed by atoms with Crippen LogP contribution in [0.1, 0.15) is 97.2 Å². The number of hydrogen-bond acceptors (Lipinski definition) is 2. The molecule has 0 aliphatic heterocycles. The van der Waals surface area contributed by atoms with Crippen LogP contribution < -0.4 is 9.30 Å². The van der Waals surface area contributed by atoms with Gasteiger partial charge in [0, 0.05) is 41.2 Å². The van der Waals surface area contributed by atoms with Crippen LogP contribution in [0.2, 0.25) is 0 Å². The Morgan fingerprint density at radius 3 is 1.88 bits per heavy atom. The third-order valence-electron chi connectivity index (χ3n) is 14.4. The predicted octanol–water partition coefficient (Wildman–Crippen LogP) is 18.1. The zero-order chi connectivity index (χ0) is 65.0. The number of aromatic nitrogens is 5. The molecule has 376 valence electrons. The molecule has 77 heavy (non-hydrogen) atoms. The van der Waals surface area contributed by atoms with Crippen molar-refractivity contribution in [3.8, 4) is 56.6 Å². The van der Waals surface area contributed by atoms with E-state index in [9.17, 15) is 8.22 Å². The van der Waals surface area contributed by atoms with Gasteiger partial charge in [-0.25, -0.2) is 4.98 Å². The van der Waals surface area contributed by atoms with Gasteiger partial charge >= 0.3 is 0 Å². The van der Waals surface area contributed by atoms with Gasteiger partial charge in [0.05, 0.1) is 68.0 Å². The quantitative estimate of drug-likeness (QED) is 0.107. The molecule has 0 saturated carbocycles. The summed E-state index contributed by atoms with van der Waals surface area (Å²) in [7, 11) is 0. The number of pyridine rings is 1. The van der Waals surface area contributed by atoms with Crippen LogP contribution in [-0.2, 0) is 10.8 Å². The average molecular weight is 1010 g/mol. The zero-order valence-electron chi connectivity index (χ0n) is 57.9. The highest BCUT2D eigenvalue weighted by molar-refractivity contribution is 6.16. The topological polar surface area (TPSA) is 40.8 Å². The molecule has 6 nitrogen and oxygen atoms in total. The van der Waals surface area contributed by atoms with E-state index in [4.69, 9.17) is 20.7 Å². The minimum atomic E-state index is -1.03. The number of nitrogens with zero attached hydrogens (tertiary/aromatic N) is 5. The van der Waals surface area contributed by atoms with E-state index < -0.39 is 72.4 Å². The molecule has 0 atom stereocenters.